The molecule has 0 aliphatic carbocycles. The van der Waals surface area contributed by atoms with Crippen molar-refractivity contribution in [2.24, 2.45) is 5.73 Å². The van der Waals surface area contributed by atoms with Gasteiger partial charge in [-0.25, -0.2) is 13.1 Å². The number of ether oxygens (including phenoxy) is 1. The van der Waals surface area contributed by atoms with E-state index in [1.165, 1.54) is 0 Å². The summed E-state index contributed by atoms with van der Waals surface area (Å²) in [5, 5.41) is 0. The van der Waals surface area contributed by atoms with Gasteiger partial charge in [-0.3, -0.25) is 0 Å². The van der Waals surface area contributed by atoms with E-state index in [1.807, 2.05) is 33.8 Å². The Balaban J connectivity index is 3.06. The van der Waals surface area contributed by atoms with E-state index in [0.29, 0.717) is 17.6 Å². The van der Waals surface area contributed by atoms with Gasteiger partial charge in [0.2, 0.25) is 10.0 Å². The topological polar surface area (TPSA) is 81.4 Å². The Morgan fingerprint density at radius 2 is 2.00 bits per heavy atom. The van der Waals surface area contributed by atoms with Crippen molar-refractivity contribution in [2.45, 2.75) is 44.7 Å². The van der Waals surface area contributed by atoms with Crippen LogP contribution in [-0.4, -0.2) is 27.2 Å². The maximum atomic E-state index is 12.5. The molecule has 0 fully saturated rings. The zero-order chi connectivity index (χ0) is 16.3. The first kappa shape index (κ1) is 18.6. The molecule has 7 heteroatoms. The summed E-state index contributed by atoms with van der Waals surface area (Å²) in [6.07, 6.45) is 0. The average Bonchev–Trinajstić information content (AvgIpc) is 2.39. The number of hydrogen-bond acceptors (Lipinski definition) is 4. The maximum absolute atomic E-state index is 12.5. The number of halogens is 1. The average molecular weight is 379 g/mol. The second-order valence-electron chi connectivity index (χ2n) is 5.45. The van der Waals surface area contributed by atoms with Crippen molar-refractivity contribution in [3.8, 4) is 0 Å². The van der Waals surface area contributed by atoms with E-state index in [1.54, 1.807) is 6.07 Å². The lowest BCUT2D eigenvalue weighted by Gasteiger charge is -2.25. The fourth-order valence-electron chi connectivity index (χ4n) is 1.91. The number of rotatable bonds is 7. The Morgan fingerprint density at radius 1 is 1.38 bits per heavy atom. The first-order valence-electron chi connectivity index (χ1n) is 6.75. The number of aryl methyl sites for hydroxylation is 1. The Bertz CT molecular complexity index is 600. The third-order valence-electron chi connectivity index (χ3n) is 3.03. The minimum absolute atomic E-state index is 0.196. The molecule has 0 saturated heterocycles. The van der Waals surface area contributed by atoms with Gasteiger partial charge >= 0.3 is 0 Å². The van der Waals surface area contributed by atoms with Crippen LogP contribution in [0.2, 0.25) is 0 Å². The second-order valence-corrected chi connectivity index (χ2v) is 7.97. The summed E-state index contributed by atoms with van der Waals surface area (Å²) in [6.45, 7) is 8.42. The van der Waals surface area contributed by atoms with E-state index < -0.39 is 15.6 Å². The van der Waals surface area contributed by atoms with E-state index >= 15 is 0 Å². The van der Waals surface area contributed by atoms with Gasteiger partial charge in [0, 0.05) is 24.2 Å². The molecule has 0 atom stereocenters. The van der Waals surface area contributed by atoms with Gasteiger partial charge in [0.05, 0.1) is 10.5 Å². The van der Waals surface area contributed by atoms with Crippen molar-refractivity contribution in [3.05, 3.63) is 27.7 Å². The molecule has 1 rings (SSSR count). The van der Waals surface area contributed by atoms with Crippen LogP contribution in [0.4, 0.5) is 0 Å². The van der Waals surface area contributed by atoms with Crippen LogP contribution in [0.5, 0.6) is 0 Å². The molecule has 0 radical (unpaired) electrons. The first-order valence-corrected chi connectivity index (χ1v) is 9.03. The van der Waals surface area contributed by atoms with Gasteiger partial charge in [0.25, 0.3) is 0 Å². The highest BCUT2D eigenvalue weighted by Gasteiger charge is 2.24. The van der Waals surface area contributed by atoms with Crippen LogP contribution in [0.3, 0.4) is 0 Å². The van der Waals surface area contributed by atoms with Crippen LogP contribution in [-0.2, 0) is 21.3 Å². The molecule has 0 aliphatic rings. The van der Waals surface area contributed by atoms with Crippen LogP contribution in [0.25, 0.3) is 0 Å². The normalized spacial score (nSPS) is 12.7. The lowest BCUT2D eigenvalue weighted by Crippen LogP contribution is -2.40. The molecular weight excluding hydrogens is 356 g/mol. The molecule has 0 amide bonds. The van der Waals surface area contributed by atoms with Gasteiger partial charge in [-0.15, -0.1) is 0 Å². The fourth-order valence-corrected chi connectivity index (χ4v) is 4.18. The summed E-state index contributed by atoms with van der Waals surface area (Å²) in [4.78, 5) is 0.204. The molecule has 0 bridgehead atoms. The van der Waals surface area contributed by atoms with Gasteiger partial charge in [0.15, 0.2) is 0 Å². The van der Waals surface area contributed by atoms with E-state index in [2.05, 4.69) is 20.7 Å². The van der Waals surface area contributed by atoms with E-state index in [0.717, 1.165) is 11.1 Å². The predicted octanol–water partition coefficient (Wildman–Crippen LogP) is 2.31. The van der Waals surface area contributed by atoms with Crippen LogP contribution in [0.15, 0.2) is 21.5 Å². The van der Waals surface area contributed by atoms with Crippen molar-refractivity contribution in [1.29, 1.82) is 0 Å². The highest BCUT2D eigenvalue weighted by molar-refractivity contribution is 9.10. The van der Waals surface area contributed by atoms with Crippen LogP contribution >= 0.6 is 15.9 Å². The number of nitrogens with two attached hydrogens (primary N) is 1. The molecule has 1 aromatic rings. The maximum Gasteiger partial charge on any atom is 0.241 e. The molecule has 0 unspecified atom stereocenters. The van der Waals surface area contributed by atoms with Crippen molar-refractivity contribution in [1.82, 2.24) is 4.72 Å². The number of hydrogen-bond donors (Lipinski definition) is 2. The lowest BCUT2D eigenvalue weighted by molar-refractivity contribution is -0.00515. The Hall–Kier alpha value is -0.470. The molecule has 1 aromatic carbocycles. The summed E-state index contributed by atoms with van der Waals surface area (Å²) >= 11 is 3.34. The van der Waals surface area contributed by atoms with Crippen molar-refractivity contribution in [3.63, 3.8) is 0 Å². The number of sulfonamides is 1. The molecule has 0 aromatic heterocycles. The fraction of sp³-hybridized carbons (Fsp3) is 0.571. The summed E-state index contributed by atoms with van der Waals surface area (Å²) in [5.74, 6) is 0. The first-order chi connectivity index (χ1) is 9.63. The Kier molecular flexibility index (Phi) is 6.36. The third-order valence-corrected chi connectivity index (χ3v) is 5.77. The van der Waals surface area contributed by atoms with Crippen molar-refractivity contribution in [2.75, 3.05) is 13.2 Å². The van der Waals surface area contributed by atoms with Gasteiger partial charge in [0.1, 0.15) is 0 Å². The number of benzene rings is 1. The highest BCUT2D eigenvalue weighted by atomic mass is 79.9. The standard InChI is InChI=1S/C14H23BrN2O3S/c1-5-20-14(3,4)9-17-21(18,19)12-7-11(8-16)6-10(2)13(12)15/h6-7,17H,5,8-9,16H2,1-4H3. The van der Waals surface area contributed by atoms with Crippen LogP contribution < -0.4 is 10.5 Å². The lowest BCUT2D eigenvalue weighted by atomic mass is 10.1. The molecular formula is C14H23BrN2O3S. The molecule has 0 heterocycles. The second kappa shape index (κ2) is 7.19. The molecule has 21 heavy (non-hydrogen) atoms. The van der Waals surface area contributed by atoms with Crippen molar-refractivity contribution < 1.29 is 13.2 Å². The summed E-state index contributed by atoms with van der Waals surface area (Å²) in [7, 11) is -3.63. The quantitative estimate of drug-likeness (QED) is 0.762. The van der Waals surface area contributed by atoms with Gasteiger partial charge in [-0.1, -0.05) is 6.07 Å². The zero-order valence-corrected chi connectivity index (χ0v) is 15.3. The highest BCUT2D eigenvalue weighted by Crippen LogP contribution is 2.27. The monoisotopic (exact) mass is 378 g/mol. The Labute approximate surface area is 135 Å². The molecule has 0 saturated carbocycles. The largest absolute Gasteiger partial charge is 0.375 e. The molecule has 5 nitrogen and oxygen atoms in total. The smallest absolute Gasteiger partial charge is 0.241 e. The van der Waals surface area contributed by atoms with Gasteiger partial charge < -0.3 is 10.5 Å². The minimum atomic E-state index is -3.63. The SMILES string of the molecule is CCOC(C)(C)CNS(=O)(=O)c1cc(CN)cc(C)c1Br. The summed E-state index contributed by atoms with van der Waals surface area (Å²) in [5.41, 5.74) is 6.67. The zero-order valence-electron chi connectivity index (χ0n) is 12.9. The van der Waals surface area contributed by atoms with E-state index in [-0.39, 0.29) is 11.4 Å². The molecule has 120 valence electrons. The van der Waals surface area contributed by atoms with Gasteiger partial charge in [-0.2, -0.15) is 0 Å². The van der Waals surface area contributed by atoms with Crippen LogP contribution in [0.1, 0.15) is 31.9 Å². The Morgan fingerprint density at radius 3 is 2.52 bits per heavy atom. The third kappa shape index (κ3) is 5.03. The summed E-state index contributed by atoms with van der Waals surface area (Å²) < 4.78 is 33.6. The van der Waals surface area contributed by atoms with Crippen molar-refractivity contribution >= 4 is 26.0 Å². The molecule has 0 aliphatic heterocycles. The van der Waals surface area contributed by atoms with Crippen LogP contribution in [0, 0.1) is 6.92 Å². The van der Waals surface area contributed by atoms with Gasteiger partial charge in [-0.05, 0) is 60.8 Å². The number of nitrogens with one attached hydrogen (secondary N) is 1. The van der Waals surface area contributed by atoms with E-state index in [4.69, 9.17) is 10.5 Å². The molecule has 0 spiro atoms. The predicted molar refractivity (Wildman–Crippen MR) is 87.7 cm³/mol. The summed E-state index contributed by atoms with van der Waals surface area (Å²) in [6, 6.07) is 3.46. The molecule has 3 N–H and O–H groups in total. The van der Waals surface area contributed by atoms with E-state index in [9.17, 15) is 8.42 Å². The minimum Gasteiger partial charge on any atom is -0.375 e.